The van der Waals surface area contributed by atoms with E-state index in [1.807, 2.05) is 0 Å². The first-order valence-corrected chi connectivity index (χ1v) is 2.86. The maximum atomic E-state index is 5.29. The third-order valence-corrected chi connectivity index (χ3v) is 0.977. The van der Waals surface area contributed by atoms with Gasteiger partial charge in [-0.1, -0.05) is 0 Å². The Morgan fingerprint density at radius 1 is 1.00 bits per heavy atom. The zero-order chi connectivity index (χ0) is 8.27. The van der Waals surface area contributed by atoms with Gasteiger partial charge < -0.3 is 15.2 Å². The highest BCUT2D eigenvalue weighted by molar-refractivity contribution is 5.20. The number of hydrogen-bond donors (Lipinski definition) is 1. The highest BCUT2D eigenvalue weighted by Gasteiger charge is 2.02. The second-order valence-electron chi connectivity index (χ2n) is 1.67. The molecule has 6 nitrogen and oxygen atoms in total. The molecule has 1 aromatic rings. The fraction of sp³-hybridized carbons (Fsp3) is 0.400. The largest absolute Gasteiger partial charge is 0.467 e. The van der Waals surface area contributed by atoms with E-state index in [2.05, 4.69) is 15.0 Å². The molecule has 11 heavy (non-hydrogen) atoms. The van der Waals surface area contributed by atoms with E-state index >= 15 is 0 Å². The van der Waals surface area contributed by atoms with Gasteiger partial charge in [-0.05, 0) is 0 Å². The van der Waals surface area contributed by atoms with Gasteiger partial charge in [0, 0.05) is 0 Å². The summed E-state index contributed by atoms with van der Waals surface area (Å²) in [6.45, 7) is 0. The van der Waals surface area contributed by atoms with Gasteiger partial charge in [0.25, 0.3) is 0 Å². The Morgan fingerprint density at radius 2 is 1.45 bits per heavy atom. The van der Waals surface area contributed by atoms with E-state index in [1.54, 1.807) is 0 Å². The van der Waals surface area contributed by atoms with Crippen LogP contribution < -0.4 is 15.2 Å². The summed E-state index contributed by atoms with van der Waals surface area (Å²) in [5, 5.41) is 0. The van der Waals surface area contributed by atoms with Crippen molar-refractivity contribution < 1.29 is 9.47 Å². The first kappa shape index (κ1) is 7.52. The molecule has 1 heterocycles. The molecule has 0 fully saturated rings. The summed E-state index contributed by atoms with van der Waals surface area (Å²) in [4.78, 5) is 11.0. The van der Waals surface area contributed by atoms with Crippen molar-refractivity contribution in [1.82, 2.24) is 15.0 Å². The molecule has 0 amide bonds. The predicted molar refractivity (Wildman–Crippen MR) is 37.3 cm³/mol. The Kier molecular flexibility index (Phi) is 2.05. The van der Waals surface area contributed by atoms with E-state index in [-0.39, 0.29) is 18.0 Å². The molecule has 6 heteroatoms. The maximum Gasteiger partial charge on any atom is 0.324 e. The molecule has 0 aromatic carbocycles. The number of nitrogen functional groups attached to an aromatic ring is 1. The number of anilines is 1. The summed E-state index contributed by atoms with van der Waals surface area (Å²) < 4.78 is 9.43. The number of aromatic nitrogens is 3. The standard InChI is InChI=1S/C5H8N4O2/c1-10-4-7-3(6)8-5(9-4)11-2/h1-2H3,(H2,6,7,8,9). The Bertz CT molecular complexity index is 230. The zero-order valence-corrected chi connectivity index (χ0v) is 6.24. The zero-order valence-electron chi connectivity index (χ0n) is 6.24. The topological polar surface area (TPSA) is 83.2 Å². The van der Waals surface area contributed by atoms with E-state index in [4.69, 9.17) is 15.2 Å². The van der Waals surface area contributed by atoms with Crippen molar-refractivity contribution in [3.63, 3.8) is 0 Å². The first-order chi connectivity index (χ1) is 5.26. The van der Waals surface area contributed by atoms with Crippen molar-refractivity contribution in [3.05, 3.63) is 0 Å². The van der Waals surface area contributed by atoms with Crippen LogP contribution in [0.25, 0.3) is 0 Å². The van der Waals surface area contributed by atoms with Gasteiger partial charge in [-0.3, -0.25) is 0 Å². The van der Waals surface area contributed by atoms with Crippen LogP contribution in [0.4, 0.5) is 5.95 Å². The van der Waals surface area contributed by atoms with E-state index in [1.165, 1.54) is 14.2 Å². The quantitative estimate of drug-likeness (QED) is 0.619. The minimum Gasteiger partial charge on any atom is -0.467 e. The second-order valence-corrected chi connectivity index (χ2v) is 1.67. The summed E-state index contributed by atoms with van der Waals surface area (Å²) in [7, 11) is 2.88. The number of methoxy groups -OCH3 is 2. The molecular formula is C5H8N4O2. The number of nitrogens with zero attached hydrogens (tertiary/aromatic N) is 3. The molecule has 0 aliphatic heterocycles. The van der Waals surface area contributed by atoms with Crippen molar-refractivity contribution in [3.8, 4) is 12.0 Å². The molecule has 0 saturated heterocycles. The molecule has 0 saturated carbocycles. The summed E-state index contributed by atoms with van der Waals surface area (Å²) in [6.07, 6.45) is 0. The predicted octanol–water partition coefficient (Wildman–Crippen LogP) is -0.529. The van der Waals surface area contributed by atoms with Crippen molar-refractivity contribution >= 4 is 5.95 Å². The highest BCUT2D eigenvalue weighted by atomic mass is 16.5. The number of ether oxygens (including phenoxy) is 2. The maximum absolute atomic E-state index is 5.29. The Labute approximate surface area is 63.4 Å². The van der Waals surface area contributed by atoms with Crippen LogP contribution in [0.15, 0.2) is 0 Å². The fourth-order valence-electron chi connectivity index (χ4n) is 0.535. The third kappa shape index (κ3) is 1.66. The normalized spacial score (nSPS) is 9.27. The highest BCUT2D eigenvalue weighted by Crippen LogP contribution is 2.08. The summed E-state index contributed by atoms with van der Waals surface area (Å²) in [5.41, 5.74) is 5.29. The molecule has 0 spiro atoms. The van der Waals surface area contributed by atoms with Crippen LogP contribution in [0.2, 0.25) is 0 Å². The number of hydrogen-bond acceptors (Lipinski definition) is 6. The van der Waals surface area contributed by atoms with E-state index in [0.29, 0.717) is 0 Å². The molecule has 1 rings (SSSR count). The van der Waals surface area contributed by atoms with Gasteiger partial charge in [0.15, 0.2) is 0 Å². The monoisotopic (exact) mass is 156 g/mol. The molecule has 0 radical (unpaired) electrons. The van der Waals surface area contributed by atoms with Crippen LogP contribution in [0, 0.1) is 0 Å². The average Bonchev–Trinajstić information content (AvgIpc) is 2.03. The van der Waals surface area contributed by atoms with Crippen LogP contribution in [0.5, 0.6) is 12.0 Å². The summed E-state index contributed by atoms with van der Waals surface area (Å²) in [6, 6.07) is 0.295. The van der Waals surface area contributed by atoms with Gasteiger partial charge in [-0.25, -0.2) is 0 Å². The summed E-state index contributed by atoms with van der Waals surface area (Å²) in [5.74, 6) is 0.0775. The molecule has 0 aliphatic carbocycles. The molecule has 1 aromatic heterocycles. The van der Waals surface area contributed by atoms with E-state index in [0.717, 1.165) is 0 Å². The van der Waals surface area contributed by atoms with Gasteiger partial charge in [-0.2, -0.15) is 9.97 Å². The van der Waals surface area contributed by atoms with Gasteiger partial charge in [0.05, 0.1) is 14.2 Å². The van der Waals surface area contributed by atoms with Crippen LogP contribution in [0.3, 0.4) is 0 Å². The van der Waals surface area contributed by atoms with Gasteiger partial charge in [-0.15, -0.1) is 4.98 Å². The fourth-order valence-corrected chi connectivity index (χ4v) is 0.535. The van der Waals surface area contributed by atoms with Crippen molar-refractivity contribution in [1.29, 1.82) is 0 Å². The lowest BCUT2D eigenvalue weighted by atomic mass is 10.9. The van der Waals surface area contributed by atoms with Crippen molar-refractivity contribution in [2.75, 3.05) is 20.0 Å². The molecule has 2 N–H and O–H groups in total. The second kappa shape index (κ2) is 3.00. The van der Waals surface area contributed by atoms with Gasteiger partial charge in [0.1, 0.15) is 0 Å². The van der Waals surface area contributed by atoms with Crippen molar-refractivity contribution in [2.24, 2.45) is 0 Å². The van der Waals surface area contributed by atoms with E-state index in [9.17, 15) is 0 Å². The Balaban J connectivity index is 3.02. The number of nitrogens with two attached hydrogens (primary N) is 1. The minimum atomic E-state index is 0.0775. The number of rotatable bonds is 2. The van der Waals surface area contributed by atoms with Crippen LogP contribution >= 0.6 is 0 Å². The van der Waals surface area contributed by atoms with Crippen molar-refractivity contribution in [2.45, 2.75) is 0 Å². The van der Waals surface area contributed by atoms with Gasteiger partial charge in [0.2, 0.25) is 5.95 Å². The van der Waals surface area contributed by atoms with Crippen LogP contribution in [-0.4, -0.2) is 29.2 Å². The van der Waals surface area contributed by atoms with Gasteiger partial charge >= 0.3 is 12.0 Å². The lowest BCUT2D eigenvalue weighted by molar-refractivity contribution is 0.341. The molecule has 0 atom stereocenters. The Morgan fingerprint density at radius 3 is 1.82 bits per heavy atom. The SMILES string of the molecule is COc1nc(N)nc(OC)n1. The molecule has 0 bridgehead atoms. The Hall–Kier alpha value is -1.59. The lowest BCUT2D eigenvalue weighted by Gasteiger charge is -2.00. The van der Waals surface area contributed by atoms with Crippen LogP contribution in [-0.2, 0) is 0 Å². The molecule has 0 unspecified atom stereocenters. The first-order valence-electron chi connectivity index (χ1n) is 2.86. The molecule has 60 valence electrons. The smallest absolute Gasteiger partial charge is 0.324 e. The van der Waals surface area contributed by atoms with Crippen LogP contribution in [0.1, 0.15) is 0 Å². The third-order valence-electron chi connectivity index (χ3n) is 0.977. The average molecular weight is 156 g/mol. The minimum absolute atomic E-state index is 0.0775. The molecule has 0 aliphatic rings. The lowest BCUT2D eigenvalue weighted by Crippen LogP contribution is -2.02. The molecular weight excluding hydrogens is 148 g/mol. The summed E-state index contributed by atoms with van der Waals surface area (Å²) >= 11 is 0. The van der Waals surface area contributed by atoms with E-state index < -0.39 is 0 Å².